The van der Waals surface area contributed by atoms with Gasteiger partial charge in [0, 0.05) is 5.70 Å². The molecule has 64 valence electrons. The molecule has 4 nitrogen and oxygen atoms in total. The summed E-state index contributed by atoms with van der Waals surface area (Å²) in [7, 11) is -4.76. The van der Waals surface area contributed by atoms with Gasteiger partial charge in [-0.15, -0.1) is 3.89 Å². The van der Waals surface area contributed by atoms with Crippen molar-refractivity contribution in [1.29, 1.82) is 0 Å². The molecule has 1 aliphatic rings. The lowest BCUT2D eigenvalue weighted by molar-refractivity contribution is 0.513. The number of rotatable bonds is 1. The van der Waals surface area contributed by atoms with E-state index in [1.165, 1.54) is 5.41 Å². The standard InChI is InChI=1S/C4H7FN2O2S2/c1-3-2-10-4(6,7-3)11(5,8)9/h2,7H,6H2,1H3. The quantitative estimate of drug-likeness (QED) is 0.583. The van der Waals surface area contributed by atoms with Crippen LogP contribution in [-0.4, -0.2) is 12.7 Å². The van der Waals surface area contributed by atoms with Crippen LogP contribution in [0.1, 0.15) is 6.92 Å². The van der Waals surface area contributed by atoms with Crippen LogP contribution in [-0.2, 0) is 10.2 Å². The molecule has 0 saturated heterocycles. The highest BCUT2D eigenvalue weighted by Crippen LogP contribution is 2.32. The minimum Gasteiger partial charge on any atom is -0.347 e. The summed E-state index contributed by atoms with van der Waals surface area (Å²) in [6.07, 6.45) is 0. The number of allylic oxidation sites excluding steroid dienone is 1. The van der Waals surface area contributed by atoms with Crippen LogP contribution in [0.15, 0.2) is 11.1 Å². The number of nitrogens with two attached hydrogens (primary N) is 1. The van der Waals surface area contributed by atoms with Crippen LogP contribution in [0.3, 0.4) is 0 Å². The zero-order chi connectivity index (χ0) is 8.70. The van der Waals surface area contributed by atoms with Crippen LogP contribution in [0.2, 0.25) is 0 Å². The minimum absolute atomic E-state index is 0.540. The number of hydrogen-bond donors (Lipinski definition) is 2. The molecular formula is C4H7FN2O2S2. The Kier molecular flexibility index (Phi) is 1.89. The average Bonchev–Trinajstić information content (AvgIpc) is 2.10. The molecule has 0 aliphatic carbocycles. The topological polar surface area (TPSA) is 72.2 Å². The highest BCUT2D eigenvalue weighted by atomic mass is 32.3. The Morgan fingerprint density at radius 2 is 2.36 bits per heavy atom. The maximum absolute atomic E-state index is 12.4. The molecule has 0 radical (unpaired) electrons. The van der Waals surface area contributed by atoms with Crippen molar-refractivity contribution in [3.05, 3.63) is 11.1 Å². The Morgan fingerprint density at radius 1 is 1.82 bits per heavy atom. The largest absolute Gasteiger partial charge is 0.351 e. The molecule has 0 aromatic carbocycles. The van der Waals surface area contributed by atoms with E-state index in [2.05, 4.69) is 5.32 Å². The summed E-state index contributed by atoms with van der Waals surface area (Å²) in [5, 5.41) is 3.76. The van der Waals surface area contributed by atoms with Gasteiger partial charge in [0.15, 0.2) is 0 Å². The van der Waals surface area contributed by atoms with Crippen molar-refractivity contribution >= 4 is 22.0 Å². The van der Waals surface area contributed by atoms with Crippen molar-refractivity contribution in [3.8, 4) is 0 Å². The van der Waals surface area contributed by atoms with E-state index in [0.717, 1.165) is 0 Å². The Morgan fingerprint density at radius 3 is 2.55 bits per heavy atom. The first-order chi connectivity index (χ1) is 4.85. The number of halogens is 1. The summed E-state index contributed by atoms with van der Waals surface area (Å²) >= 11 is 0.701. The highest BCUT2D eigenvalue weighted by molar-refractivity contribution is 8.14. The number of nitrogens with one attached hydrogen (secondary N) is 1. The number of thioether (sulfide) groups is 1. The average molecular weight is 198 g/mol. The number of hydrogen-bond acceptors (Lipinski definition) is 5. The maximum atomic E-state index is 12.4. The van der Waals surface area contributed by atoms with Crippen LogP contribution in [0.25, 0.3) is 0 Å². The van der Waals surface area contributed by atoms with Gasteiger partial charge >= 0.3 is 10.2 Å². The molecule has 0 fully saturated rings. The van der Waals surface area contributed by atoms with E-state index < -0.39 is 14.6 Å². The molecule has 1 aliphatic heterocycles. The first-order valence-corrected chi connectivity index (χ1v) is 4.97. The summed E-state index contributed by atoms with van der Waals surface area (Å²) in [5.74, 6) is 0. The van der Waals surface area contributed by atoms with Crippen LogP contribution < -0.4 is 11.1 Å². The van der Waals surface area contributed by atoms with Gasteiger partial charge in [-0.1, -0.05) is 11.8 Å². The van der Waals surface area contributed by atoms with E-state index in [-0.39, 0.29) is 0 Å². The fourth-order valence-corrected chi connectivity index (χ4v) is 2.15. The highest BCUT2D eigenvalue weighted by Gasteiger charge is 2.43. The molecule has 7 heteroatoms. The van der Waals surface area contributed by atoms with Crippen molar-refractivity contribution in [3.63, 3.8) is 0 Å². The summed E-state index contributed by atoms with van der Waals surface area (Å²) in [6, 6.07) is 0. The third kappa shape index (κ3) is 1.49. The second kappa shape index (κ2) is 2.36. The summed E-state index contributed by atoms with van der Waals surface area (Å²) in [5.41, 5.74) is 5.70. The molecule has 0 amide bonds. The molecule has 1 rings (SSSR count). The SMILES string of the molecule is CC1=CSC(N)(S(=O)(=O)F)N1. The maximum Gasteiger partial charge on any atom is 0.351 e. The smallest absolute Gasteiger partial charge is 0.347 e. The molecule has 0 spiro atoms. The van der Waals surface area contributed by atoms with Crippen molar-refractivity contribution in [1.82, 2.24) is 5.32 Å². The Bertz CT molecular complexity index is 299. The molecule has 1 heterocycles. The lowest BCUT2D eigenvalue weighted by Crippen LogP contribution is -2.51. The van der Waals surface area contributed by atoms with Crippen LogP contribution >= 0.6 is 11.8 Å². The van der Waals surface area contributed by atoms with Gasteiger partial charge in [-0.2, -0.15) is 8.42 Å². The zero-order valence-corrected chi connectivity index (χ0v) is 7.30. The van der Waals surface area contributed by atoms with Gasteiger partial charge in [-0.25, -0.2) is 0 Å². The van der Waals surface area contributed by atoms with Crippen molar-refractivity contribution in [2.45, 2.75) is 11.3 Å². The normalized spacial score (nSPS) is 31.4. The fraction of sp³-hybridized carbons (Fsp3) is 0.500. The van der Waals surface area contributed by atoms with Gasteiger partial charge in [0.1, 0.15) is 0 Å². The van der Waals surface area contributed by atoms with Crippen molar-refractivity contribution in [2.75, 3.05) is 0 Å². The van der Waals surface area contributed by atoms with Gasteiger partial charge in [0.25, 0.3) is 4.33 Å². The Labute approximate surface area is 68.2 Å². The molecule has 1 atom stereocenters. The lowest BCUT2D eigenvalue weighted by atomic mass is 10.6. The molecule has 3 N–H and O–H groups in total. The van der Waals surface area contributed by atoms with Gasteiger partial charge < -0.3 is 5.32 Å². The summed E-state index contributed by atoms with van der Waals surface area (Å²) in [6.45, 7) is 1.60. The van der Waals surface area contributed by atoms with Gasteiger partial charge in [-0.3, -0.25) is 5.73 Å². The van der Waals surface area contributed by atoms with E-state index in [9.17, 15) is 12.3 Å². The molecular weight excluding hydrogens is 191 g/mol. The lowest BCUT2D eigenvalue weighted by Gasteiger charge is -2.18. The van der Waals surface area contributed by atoms with E-state index in [1.807, 2.05) is 0 Å². The third-order valence-electron chi connectivity index (χ3n) is 1.14. The van der Waals surface area contributed by atoms with Crippen LogP contribution in [0.5, 0.6) is 0 Å². The predicted molar refractivity (Wildman–Crippen MR) is 41.4 cm³/mol. The van der Waals surface area contributed by atoms with E-state index in [1.54, 1.807) is 6.92 Å². The summed E-state index contributed by atoms with van der Waals surface area (Å²) in [4.78, 5) is 0. The van der Waals surface area contributed by atoms with Crippen LogP contribution in [0.4, 0.5) is 3.89 Å². The molecule has 0 saturated carbocycles. The summed E-state index contributed by atoms with van der Waals surface area (Å²) < 4.78 is 31.2. The Hall–Kier alpha value is -0.270. The van der Waals surface area contributed by atoms with Gasteiger partial charge in [0.2, 0.25) is 0 Å². The minimum atomic E-state index is -4.76. The molecule has 11 heavy (non-hydrogen) atoms. The van der Waals surface area contributed by atoms with Crippen molar-refractivity contribution in [2.24, 2.45) is 5.73 Å². The second-order valence-electron chi connectivity index (χ2n) is 2.15. The first kappa shape index (κ1) is 8.82. The van der Waals surface area contributed by atoms with Gasteiger partial charge in [-0.05, 0) is 12.3 Å². The van der Waals surface area contributed by atoms with Gasteiger partial charge in [0.05, 0.1) is 0 Å². The Balaban J connectivity index is 2.92. The van der Waals surface area contributed by atoms with E-state index in [4.69, 9.17) is 5.73 Å². The third-order valence-corrected chi connectivity index (χ3v) is 3.78. The van der Waals surface area contributed by atoms with Crippen molar-refractivity contribution < 1.29 is 12.3 Å². The van der Waals surface area contributed by atoms with Crippen LogP contribution in [0, 0.1) is 0 Å². The van der Waals surface area contributed by atoms with E-state index in [0.29, 0.717) is 17.5 Å². The monoisotopic (exact) mass is 198 g/mol. The second-order valence-corrected chi connectivity index (χ2v) is 5.04. The predicted octanol–water partition coefficient (Wildman–Crippen LogP) is 0.0534. The zero-order valence-electron chi connectivity index (χ0n) is 5.67. The first-order valence-electron chi connectivity index (χ1n) is 2.71. The molecule has 0 aromatic heterocycles. The molecule has 0 bridgehead atoms. The molecule has 1 unspecified atom stereocenters. The fourth-order valence-electron chi connectivity index (χ4n) is 0.628. The van der Waals surface area contributed by atoms with E-state index >= 15 is 0 Å². The molecule has 0 aromatic rings.